The quantitative estimate of drug-likeness (QED) is 0.632. The zero-order chi connectivity index (χ0) is 15.4. The summed E-state index contributed by atoms with van der Waals surface area (Å²) in [4.78, 5) is 15.7. The predicted molar refractivity (Wildman–Crippen MR) is 90.7 cm³/mol. The average Bonchev–Trinajstić information content (AvgIpc) is 3.20. The van der Waals surface area contributed by atoms with Crippen LogP contribution in [0.5, 0.6) is 0 Å². The molecule has 3 aromatic rings. The first-order valence-corrected chi connectivity index (χ1v) is 8.49. The molecule has 0 N–H and O–H groups in total. The molecule has 2 heterocycles. The fourth-order valence-corrected chi connectivity index (χ4v) is 3.14. The molecule has 0 radical (unpaired) electrons. The highest BCUT2D eigenvalue weighted by Gasteiger charge is 2.18. The Bertz CT molecular complexity index is 684. The van der Waals surface area contributed by atoms with E-state index in [1.807, 2.05) is 53.9 Å². The Morgan fingerprint density at radius 1 is 1.09 bits per heavy atom. The Morgan fingerprint density at radius 3 is 2.55 bits per heavy atom. The second-order valence-electron chi connectivity index (χ2n) is 4.83. The van der Waals surface area contributed by atoms with Gasteiger partial charge in [-0.1, -0.05) is 22.0 Å². The molecule has 22 heavy (non-hydrogen) atoms. The summed E-state index contributed by atoms with van der Waals surface area (Å²) in [5, 5.41) is 2.02. The summed E-state index contributed by atoms with van der Waals surface area (Å²) in [7, 11) is 0. The third-order valence-corrected chi connectivity index (χ3v) is 4.62. The summed E-state index contributed by atoms with van der Waals surface area (Å²) in [6.07, 6.45) is 1.63. The molecule has 1 aromatic carbocycles. The number of thiophene rings is 1. The summed E-state index contributed by atoms with van der Waals surface area (Å²) in [6, 6.07) is 15.2. The summed E-state index contributed by atoms with van der Waals surface area (Å²) in [5.41, 5.74) is 0.673. The van der Waals surface area contributed by atoms with Crippen LogP contribution in [0.2, 0.25) is 0 Å². The largest absolute Gasteiger partial charge is 0.467 e. The summed E-state index contributed by atoms with van der Waals surface area (Å²) in [6.45, 7) is 1.03. The van der Waals surface area contributed by atoms with E-state index in [4.69, 9.17) is 4.42 Å². The second kappa shape index (κ2) is 6.94. The first-order chi connectivity index (χ1) is 10.7. The van der Waals surface area contributed by atoms with Gasteiger partial charge in [0.05, 0.1) is 19.4 Å². The van der Waals surface area contributed by atoms with Crippen molar-refractivity contribution in [2.75, 3.05) is 0 Å². The number of nitrogens with zero attached hydrogens (tertiary/aromatic N) is 1. The summed E-state index contributed by atoms with van der Waals surface area (Å²) in [5.74, 6) is 0.777. The maximum Gasteiger partial charge on any atom is 0.254 e. The van der Waals surface area contributed by atoms with Gasteiger partial charge in [-0.15, -0.1) is 11.3 Å². The van der Waals surface area contributed by atoms with E-state index in [-0.39, 0.29) is 5.91 Å². The number of hydrogen-bond donors (Lipinski definition) is 0. The van der Waals surface area contributed by atoms with Crippen LogP contribution in [-0.2, 0) is 13.1 Å². The van der Waals surface area contributed by atoms with Crippen LogP contribution in [-0.4, -0.2) is 10.8 Å². The van der Waals surface area contributed by atoms with E-state index in [1.54, 1.807) is 22.5 Å². The molecule has 112 valence electrons. The Labute approximate surface area is 141 Å². The van der Waals surface area contributed by atoms with Gasteiger partial charge in [-0.05, 0) is 47.8 Å². The number of carbonyl (C=O) groups is 1. The molecule has 0 aliphatic carbocycles. The first kappa shape index (κ1) is 15.1. The van der Waals surface area contributed by atoms with Crippen LogP contribution in [0.1, 0.15) is 21.0 Å². The summed E-state index contributed by atoms with van der Waals surface area (Å²) < 4.78 is 6.35. The van der Waals surface area contributed by atoms with Gasteiger partial charge in [0.2, 0.25) is 0 Å². The van der Waals surface area contributed by atoms with Crippen LogP contribution in [0.3, 0.4) is 0 Å². The normalized spacial score (nSPS) is 10.6. The lowest BCUT2D eigenvalue weighted by molar-refractivity contribution is 0.0719. The molecule has 0 unspecified atom stereocenters. The third-order valence-electron chi connectivity index (χ3n) is 3.23. The van der Waals surface area contributed by atoms with Crippen molar-refractivity contribution in [1.29, 1.82) is 0 Å². The van der Waals surface area contributed by atoms with Crippen LogP contribution in [0, 0.1) is 0 Å². The Morgan fingerprint density at radius 2 is 1.91 bits per heavy atom. The SMILES string of the molecule is O=C(c1ccc(Br)cc1)N(Cc1ccco1)Cc1cccs1. The topological polar surface area (TPSA) is 33.5 Å². The molecule has 0 aliphatic rings. The van der Waals surface area contributed by atoms with Gasteiger partial charge < -0.3 is 9.32 Å². The minimum Gasteiger partial charge on any atom is -0.467 e. The molecule has 0 saturated carbocycles. The Balaban J connectivity index is 1.83. The predicted octanol–water partition coefficient (Wildman–Crippen LogP) is 4.95. The standard InChI is InChI=1S/C17H14BrNO2S/c18-14-7-5-13(6-8-14)17(20)19(11-15-3-1-9-21-15)12-16-4-2-10-22-16/h1-10H,11-12H2. The maximum atomic E-state index is 12.8. The van der Waals surface area contributed by atoms with Gasteiger partial charge in [0.15, 0.2) is 0 Å². The number of amides is 1. The van der Waals surface area contributed by atoms with Gasteiger partial charge in [0.1, 0.15) is 5.76 Å². The lowest BCUT2D eigenvalue weighted by Crippen LogP contribution is -2.29. The van der Waals surface area contributed by atoms with Crippen molar-refractivity contribution in [3.63, 3.8) is 0 Å². The number of hydrogen-bond acceptors (Lipinski definition) is 3. The van der Waals surface area contributed by atoms with Gasteiger partial charge >= 0.3 is 0 Å². The number of halogens is 1. The highest BCUT2D eigenvalue weighted by Crippen LogP contribution is 2.18. The van der Waals surface area contributed by atoms with Gasteiger partial charge in [-0.3, -0.25) is 4.79 Å². The van der Waals surface area contributed by atoms with E-state index < -0.39 is 0 Å². The monoisotopic (exact) mass is 375 g/mol. The Kier molecular flexibility index (Phi) is 4.75. The molecule has 1 amide bonds. The molecule has 0 atom stereocenters. The number of furan rings is 1. The van der Waals surface area contributed by atoms with E-state index in [9.17, 15) is 4.79 Å². The molecule has 2 aromatic heterocycles. The first-order valence-electron chi connectivity index (χ1n) is 6.82. The maximum absolute atomic E-state index is 12.8. The van der Waals surface area contributed by atoms with Gasteiger partial charge in [0, 0.05) is 14.9 Å². The van der Waals surface area contributed by atoms with Crippen LogP contribution in [0.15, 0.2) is 69.1 Å². The van der Waals surface area contributed by atoms with Gasteiger partial charge in [-0.2, -0.15) is 0 Å². The second-order valence-corrected chi connectivity index (χ2v) is 6.77. The molecule has 0 saturated heterocycles. The minimum absolute atomic E-state index is 0.00250. The number of rotatable bonds is 5. The van der Waals surface area contributed by atoms with E-state index in [0.717, 1.165) is 15.1 Å². The molecule has 0 fully saturated rings. The van der Waals surface area contributed by atoms with Crippen molar-refractivity contribution in [3.8, 4) is 0 Å². The smallest absolute Gasteiger partial charge is 0.254 e. The Hall–Kier alpha value is -1.85. The van der Waals surface area contributed by atoms with E-state index >= 15 is 0 Å². The molecular formula is C17H14BrNO2S. The van der Waals surface area contributed by atoms with Crippen molar-refractivity contribution in [2.45, 2.75) is 13.1 Å². The highest BCUT2D eigenvalue weighted by molar-refractivity contribution is 9.10. The average molecular weight is 376 g/mol. The molecule has 5 heteroatoms. The van der Waals surface area contributed by atoms with E-state index in [1.165, 1.54) is 0 Å². The van der Waals surface area contributed by atoms with Crippen LogP contribution in [0.4, 0.5) is 0 Å². The molecular weight excluding hydrogens is 362 g/mol. The van der Waals surface area contributed by atoms with Crippen LogP contribution < -0.4 is 0 Å². The van der Waals surface area contributed by atoms with Crippen LogP contribution >= 0.6 is 27.3 Å². The van der Waals surface area contributed by atoms with Crippen molar-refractivity contribution in [3.05, 3.63) is 80.8 Å². The third kappa shape index (κ3) is 3.67. The van der Waals surface area contributed by atoms with Crippen molar-refractivity contribution in [1.82, 2.24) is 4.90 Å². The fourth-order valence-electron chi connectivity index (χ4n) is 2.16. The molecule has 0 bridgehead atoms. The van der Waals surface area contributed by atoms with Crippen molar-refractivity contribution in [2.24, 2.45) is 0 Å². The molecule has 3 nitrogen and oxygen atoms in total. The molecule has 0 spiro atoms. The van der Waals surface area contributed by atoms with Crippen LogP contribution in [0.25, 0.3) is 0 Å². The van der Waals surface area contributed by atoms with Gasteiger partial charge in [0.25, 0.3) is 5.91 Å². The van der Waals surface area contributed by atoms with Crippen molar-refractivity contribution < 1.29 is 9.21 Å². The lowest BCUT2D eigenvalue weighted by atomic mass is 10.2. The fraction of sp³-hybridized carbons (Fsp3) is 0.118. The van der Waals surface area contributed by atoms with E-state index in [0.29, 0.717) is 18.7 Å². The van der Waals surface area contributed by atoms with Gasteiger partial charge in [-0.25, -0.2) is 0 Å². The number of carbonyl (C=O) groups excluding carboxylic acids is 1. The number of benzene rings is 1. The van der Waals surface area contributed by atoms with E-state index in [2.05, 4.69) is 15.9 Å². The molecule has 0 aliphatic heterocycles. The lowest BCUT2D eigenvalue weighted by Gasteiger charge is -2.21. The summed E-state index contributed by atoms with van der Waals surface area (Å²) >= 11 is 5.04. The van der Waals surface area contributed by atoms with Crippen molar-refractivity contribution >= 4 is 33.2 Å². The zero-order valence-electron chi connectivity index (χ0n) is 11.7. The molecule has 3 rings (SSSR count). The minimum atomic E-state index is -0.00250. The zero-order valence-corrected chi connectivity index (χ0v) is 14.1. The highest BCUT2D eigenvalue weighted by atomic mass is 79.9.